The van der Waals surface area contributed by atoms with Crippen LogP contribution in [0.4, 0.5) is 0 Å². The summed E-state index contributed by atoms with van der Waals surface area (Å²) in [6.07, 6.45) is 0.853. The number of likely N-dealkylation sites (N-methyl/N-ethyl adjacent to an activating group) is 1. The van der Waals surface area contributed by atoms with E-state index >= 15 is 0 Å². The van der Waals surface area contributed by atoms with Gasteiger partial charge in [-0.25, -0.2) is 4.98 Å². The molecule has 0 fully saturated rings. The predicted octanol–water partition coefficient (Wildman–Crippen LogP) is 1.75. The number of thiazole rings is 1. The Balaban J connectivity index is 2.05. The van der Waals surface area contributed by atoms with E-state index in [1.807, 2.05) is 32.3 Å². The zero-order valence-corrected chi connectivity index (χ0v) is 12.2. The van der Waals surface area contributed by atoms with Crippen molar-refractivity contribution in [2.45, 2.75) is 12.5 Å². The summed E-state index contributed by atoms with van der Waals surface area (Å²) in [5.74, 6) is 5.59. The lowest BCUT2D eigenvalue weighted by Crippen LogP contribution is -2.43. The van der Waals surface area contributed by atoms with Gasteiger partial charge in [0.25, 0.3) is 0 Å². The van der Waals surface area contributed by atoms with Crippen LogP contribution in [0, 0.1) is 0 Å². The molecule has 0 radical (unpaired) electrons. The summed E-state index contributed by atoms with van der Waals surface area (Å²) in [6, 6.07) is 10.5. The highest BCUT2D eigenvalue weighted by Crippen LogP contribution is 2.22. The Morgan fingerprint density at radius 1 is 1.32 bits per heavy atom. The summed E-state index contributed by atoms with van der Waals surface area (Å²) < 4.78 is 0. The first-order valence-electron chi connectivity index (χ1n) is 6.29. The van der Waals surface area contributed by atoms with Crippen LogP contribution in [0.2, 0.25) is 0 Å². The maximum atomic E-state index is 5.59. The molecule has 0 aliphatic rings. The van der Waals surface area contributed by atoms with Crippen LogP contribution < -0.4 is 11.3 Å². The fourth-order valence-corrected chi connectivity index (χ4v) is 2.86. The van der Waals surface area contributed by atoms with Gasteiger partial charge < -0.3 is 4.90 Å². The van der Waals surface area contributed by atoms with Gasteiger partial charge in [-0.2, -0.15) is 0 Å². The number of benzene rings is 1. The molecule has 0 bridgehead atoms. The van der Waals surface area contributed by atoms with E-state index in [1.54, 1.807) is 11.3 Å². The molecule has 0 saturated heterocycles. The first-order valence-corrected chi connectivity index (χ1v) is 7.17. The van der Waals surface area contributed by atoms with Crippen molar-refractivity contribution < 1.29 is 0 Å². The smallest absolute Gasteiger partial charge is 0.0949 e. The van der Waals surface area contributed by atoms with Crippen molar-refractivity contribution in [2.75, 3.05) is 20.6 Å². The van der Waals surface area contributed by atoms with Gasteiger partial charge >= 0.3 is 0 Å². The topological polar surface area (TPSA) is 54.2 Å². The van der Waals surface area contributed by atoms with Gasteiger partial charge in [-0.15, -0.1) is 11.3 Å². The van der Waals surface area contributed by atoms with Crippen molar-refractivity contribution in [3.05, 3.63) is 40.7 Å². The highest BCUT2D eigenvalue weighted by Gasteiger charge is 2.12. The van der Waals surface area contributed by atoms with Gasteiger partial charge in [0.15, 0.2) is 0 Å². The molecule has 19 heavy (non-hydrogen) atoms. The molecule has 0 spiro atoms. The first kappa shape index (κ1) is 14.1. The Labute approximate surface area is 118 Å². The molecule has 0 aliphatic heterocycles. The summed E-state index contributed by atoms with van der Waals surface area (Å²) >= 11 is 1.69. The molecule has 0 aliphatic carbocycles. The Kier molecular flexibility index (Phi) is 5.04. The van der Waals surface area contributed by atoms with Crippen molar-refractivity contribution in [3.63, 3.8) is 0 Å². The molecule has 5 heteroatoms. The monoisotopic (exact) mass is 276 g/mol. The van der Waals surface area contributed by atoms with E-state index in [4.69, 9.17) is 5.84 Å². The number of hydrogen-bond donors (Lipinski definition) is 2. The Bertz CT molecular complexity index is 495. The Morgan fingerprint density at radius 2 is 2.05 bits per heavy atom. The van der Waals surface area contributed by atoms with E-state index in [9.17, 15) is 0 Å². The summed E-state index contributed by atoms with van der Waals surface area (Å²) in [7, 11) is 4.09. The average Bonchev–Trinajstić information content (AvgIpc) is 2.87. The van der Waals surface area contributed by atoms with Crippen LogP contribution in [0.25, 0.3) is 11.3 Å². The molecule has 1 aromatic carbocycles. The molecular weight excluding hydrogens is 256 g/mol. The highest BCUT2D eigenvalue weighted by atomic mass is 32.1. The zero-order valence-electron chi connectivity index (χ0n) is 11.3. The van der Waals surface area contributed by atoms with Crippen molar-refractivity contribution in [3.8, 4) is 11.3 Å². The number of nitrogens with two attached hydrogens (primary N) is 1. The van der Waals surface area contributed by atoms with Crippen LogP contribution in [0.1, 0.15) is 5.01 Å². The van der Waals surface area contributed by atoms with Crippen molar-refractivity contribution in [2.24, 2.45) is 5.84 Å². The maximum Gasteiger partial charge on any atom is 0.0949 e. The molecule has 0 saturated carbocycles. The SMILES string of the molecule is CN(C)CC(Cc1nc(-c2ccccc2)cs1)NN. The van der Waals surface area contributed by atoms with Gasteiger partial charge in [0.2, 0.25) is 0 Å². The average molecular weight is 276 g/mol. The van der Waals surface area contributed by atoms with E-state index < -0.39 is 0 Å². The normalized spacial score (nSPS) is 12.8. The number of rotatable bonds is 6. The van der Waals surface area contributed by atoms with Crippen molar-refractivity contribution >= 4 is 11.3 Å². The minimum atomic E-state index is 0.227. The number of nitrogens with zero attached hydrogens (tertiary/aromatic N) is 2. The summed E-state index contributed by atoms with van der Waals surface area (Å²) in [5.41, 5.74) is 5.06. The highest BCUT2D eigenvalue weighted by molar-refractivity contribution is 7.09. The first-order chi connectivity index (χ1) is 9.19. The lowest BCUT2D eigenvalue weighted by Gasteiger charge is -2.18. The molecular formula is C14H20N4S. The predicted molar refractivity (Wildman–Crippen MR) is 80.9 cm³/mol. The van der Waals surface area contributed by atoms with Gasteiger partial charge in [-0.3, -0.25) is 11.3 Å². The number of nitrogens with one attached hydrogen (secondary N) is 1. The standard InChI is InChI=1S/C14H20N4S/c1-18(2)9-12(17-15)8-14-16-13(10-19-14)11-6-4-3-5-7-11/h3-7,10,12,17H,8-9,15H2,1-2H3. The van der Waals surface area contributed by atoms with Gasteiger partial charge in [0.1, 0.15) is 0 Å². The quantitative estimate of drug-likeness (QED) is 0.623. The lowest BCUT2D eigenvalue weighted by molar-refractivity contribution is 0.338. The third kappa shape index (κ3) is 4.11. The van der Waals surface area contributed by atoms with Crippen LogP contribution in [0.5, 0.6) is 0 Å². The molecule has 2 aromatic rings. The zero-order chi connectivity index (χ0) is 13.7. The summed E-state index contributed by atoms with van der Waals surface area (Å²) in [4.78, 5) is 6.80. The van der Waals surface area contributed by atoms with Gasteiger partial charge in [0, 0.05) is 30.0 Å². The van der Waals surface area contributed by atoms with Crippen LogP contribution in [0.3, 0.4) is 0 Å². The van der Waals surface area contributed by atoms with Crippen LogP contribution in [0.15, 0.2) is 35.7 Å². The van der Waals surface area contributed by atoms with E-state index in [1.165, 1.54) is 0 Å². The van der Waals surface area contributed by atoms with Gasteiger partial charge in [-0.1, -0.05) is 30.3 Å². The van der Waals surface area contributed by atoms with Crippen LogP contribution >= 0.6 is 11.3 Å². The molecule has 102 valence electrons. The number of aromatic nitrogens is 1. The summed E-state index contributed by atoms with van der Waals surface area (Å²) in [6.45, 7) is 0.900. The third-order valence-corrected chi connectivity index (χ3v) is 3.73. The fraction of sp³-hybridized carbons (Fsp3) is 0.357. The lowest BCUT2D eigenvalue weighted by atomic mass is 10.2. The Hall–Kier alpha value is -1.27. The second kappa shape index (κ2) is 6.77. The molecule has 1 heterocycles. The minimum absolute atomic E-state index is 0.227. The van der Waals surface area contributed by atoms with E-state index in [0.29, 0.717) is 0 Å². The molecule has 1 aromatic heterocycles. The second-order valence-corrected chi connectivity index (χ2v) is 5.77. The molecule has 1 atom stereocenters. The van der Waals surface area contributed by atoms with E-state index in [-0.39, 0.29) is 6.04 Å². The second-order valence-electron chi connectivity index (χ2n) is 4.82. The molecule has 3 N–H and O–H groups in total. The molecule has 2 rings (SSSR count). The van der Waals surface area contributed by atoms with Crippen LogP contribution in [-0.2, 0) is 6.42 Å². The van der Waals surface area contributed by atoms with Gasteiger partial charge in [-0.05, 0) is 14.1 Å². The summed E-state index contributed by atoms with van der Waals surface area (Å²) in [5, 5.41) is 3.22. The van der Waals surface area contributed by atoms with Crippen molar-refractivity contribution in [1.82, 2.24) is 15.3 Å². The fourth-order valence-electron chi connectivity index (χ4n) is 1.97. The Morgan fingerprint density at radius 3 is 2.68 bits per heavy atom. The molecule has 0 amide bonds. The number of hydrogen-bond acceptors (Lipinski definition) is 5. The van der Waals surface area contributed by atoms with Crippen molar-refractivity contribution in [1.29, 1.82) is 0 Å². The maximum absolute atomic E-state index is 5.59. The largest absolute Gasteiger partial charge is 0.308 e. The number of hydrazine groups is 1. The van der Waals surface area contributed by atoms with E-state index in [0.717, 1.165) is 29.2 Å². The van der Waals surface area contributed by atoms with Gasteiger partial charge in [0.05, 0.1) is 10.7 Å². The molecule has 1 unspecified atom stereocenters. The molecule has 4 nitrogen and oxygen atoms in total. The van der Waals surface area contributed by atoms with E-state index in [2.05, 4.69) is 32.8 Å². The minimum Gasteiger partial charge on any atom is -0.308 e. The van der Waals surface area contributed by atoms with Crippen LogP contribution in [-0.4, -0.2) is 36.6 Å². The third-order valence-electron chi connectivity index (χ3n) is 2.86.